The molecule has 0 saturated carbocycles. The molecule has 14 heavy (non-hydrogen) atoms. The molecule has 1 aromatic heterocycles. The molecule has 0 unspecified atom stereocenters. The van der Waals surface area contributed by atoms with Crippen molar-refractivity contribution in [2.45, 2.75) is 18.8 Å². The Labute approximate surface area is 83.5 Å². The molecule has 0 radical (unpaired) electrons. The number of hydrogen-bond donors (Lipinski definition) is 1. The highest BCUT2D eigenvalue weighted by atomic mass is 16.1. The highest BCUT2D eigenvalue weighted by molar-refractivity contribution is 5.71. The van der Waals surface area contributed by atoms with Crippen molar-refractivity contribution in [1.29, 1.82) is 0 Å². The van der Waals surface area contributed by atoms with E-state index in [1.165, 1.54) is 5.56 Å². The predicted molar refractivity (Wildman–Crippen MR) is 54.5 cm³/mol. The second-order valence-corrected chi connectivity index (χ2v) is 3.66. The maximum Gasteiger partial charge on any atom is 0.168 e. The van der Waals surface area contributed by atoms with Crippen LogP contribution in [0.3, 0.4) is 0 Å². The molecule has 0 spiro atoms. The minimum absolute atomic E-state index is 0.543. The van der Waals surface area contributed by atoms with Gasteiger partial charge in [0.25, 0.3) is 0 Å². The lowest BCUT2D eigenvalue weighted by atomic mass is 9.90. The van der Waals surface area contributed by atoms with Crippen molar-refractivity contribution < 1.29 is 4.79 Å². The first-order chi connectivity index (χ1) is 6.90. The average Bonchev–Trinajstić information content (AvgIpc) is 2.30. The Bertz CT molecular complexity index is 319. The minimum Gasteiger partial charge on any atom is -0.317 e. The van der Waals surface area contributed by atoms with Crippen LogP contribution < -0.4 is 5.32 Å². The van der Waals surface area contributed by atoms with E-state index in [4.69, 9.17) is 0 Å². The molecule has 1 N–H and O–H groups in total. The van der Waals surface area contributed by atoms with Gasteiger partial charge in [-0.2, -0.15) is 0 Å². The maximum atomic E-state index is 10.6. The number of rotatable bonds is 2. The summed E-state index contributed by atoms with van der Waals surface area (Å²) in [6.45, 7) is 2.15. The monoisotopic (exact) mass is 190 g/mol. The van der Waals surface area contributed by atoms with Gasteiger partial charge in [-0.3, -0.25) is 9.78 Å². The van der Waals surface area contributed by atoms with Crippen LogP contribution in [-0.2, 0) is 0 Å². The first kappa shape index (κ1) is 9.34. The number of hydrogen-bond acceptors (Lipinski definition) is 3. The lowest BCUT2D eigenvalue weighted by Gasteiger charge is -2.22. The van der Waals surface area contributed by atoms with Crippen LogP contribution in [0.25, 0.3) is 0 Å². The topological polar surface area (TPSA) is 42.0 Å². The van der Waals surface area contributed by atoms with Crippen molar-refractivity contribution in [3.05, 3.63) is 29.6 Å². The zero-order valence-corrected chi connectivity index (χ0v) is 8.07. The second-order valence-electron chi connectivity index (χ2n) is 3.66. The quantitative estimate of drug-likeness (QED) is 0.716. The standard InChI is InChI=1S/C11H14N2O/c14-8-11-7-10(3-6-13-11)9-1-4-12-5-2-9/h3,6-9,12H,1-2,4-5H2. The van der Waals surface area contributed by atoms with Gasteiger partial charge in [-0.1, -0.05) is 0 Å². The van der Waals surface area contributed by atoms with Crippen molar-refractivity contribution >= 4 is 6.29 Å². The van der Waals surface area contributed by atoms with Crippen molar-refractivity contribution in [1.82, 2.24) is 10.3 Å². The lowest BCUT2D eigenvalue weighted by Crippen LogP contribution is -2.26. The normalized spacial score (nSPS) is 18.0. The maximum absolute atomic E-state index is 10.6. The van der Waals surface area contributed by atoms with Crippen LogP contribution in [0.4, 0.5) is 0 Å². The van der Waals surface area contributed by atoms with E-state index in [-0.39, 0.29) is 0 Å². The van der Waals surface area contributed by atoms with Gasteiger partial charge >= 0.3 is 0 Å². The van der Waals surface area contributed by atoms with Gasteiger partial charge in [0.05, 0.1) is 0 Å². The summed E-state index contributed by atoms with van der Waals surface area (Å²) < 4.78 is 0. The average molecular weight is 190 g/mol. The van der Waals surface area contributed by atoms with Crippen LogP contribution in [0, 0.1) is 0 Å². The summed E-state index contributed by atoms with van der Waals surface area (Å²) in [6.07, 6.45) is 4.84. The molecule has 0 amide bonds. The van der Waals surface area contributed by atoms with Crippen LogP contribution in [0.1, 0.15) is 34.8 Å². The van der Waals surface area contributed by atoms with Gasteiger partial charge < -0.3 is 5.32 Å². The molecule has 0 aliphatic carbocycles. The molecule has 2 heterocycles. The molecule has 3 heteroatoms. The molecule has 1 aromatic rings. The lowest BCUT2D eigenvalue weighted by molar-refractivity contribution is 0.111. The van der Waals surface area contributed by atoms with Crippen LogP contribution in [0.5, 0.6) is 0 Å². The summed E-state index contributed by atoms with van der Waals surface area (Å²) in [7, 11) is 0. The van der Waals surface area contributed by atoms with E-state index < -0.39 is 0 Å². The number of pyridine rings is 1. The minimum atomic E-state index is 0.543. The fourth-order valence-electron chi connectivity index (χ4n) is 1.94. The summed E-state index contributed by atoms with van der Waals surface area (Å²) in [5.41, 5.74) is 1.80. The van der Waals surface area contributed by atoms with Crippen LogP contribution in [0.15, 0.2) is 18.3 Å². The highest BCUT2D eigenvalue weighted by Crippen LogP contribution is 2.24. The van der Waals surface area contributed by atoms with Crippen molar-refractivity contribution in [3.8, 4) is 0 Å². The third-order valence-electron chi connectivity index (χ3n) is 2.74. The van der Waals surface area contributed by atoms with Gasteiger partial charge in [-0.05, 0) is 49.5 Å². The Kier molecular flexibility index (Phi) is 2.89. The first-order valence-corrected chi connectivity index (χ1v) is 5.02. The van der Waals surface area contributed by atoms with E-state index >= 15 is 0 Å². The van der Waals surface area contributed by atoms with Crippen LogP contribution >= 0.6 is 0 Å². The summed E-state index contributed by atoms with van der Waals surface area (Å²) in [5, 5.41) is 3.33. The number of nitrogens with one attached hydrogen (secondary N) is 1. The molecule has 2 rings (SSSR count). The SMILES string of the molecule is O=Cc1cc(C2CCNCC2)ccn1. The van der Waals surface area contributed by atoms with E-state index in [0.717, 1.165) is 32.2 Å². The number of piperidine rings is 1. The molecule has 0 aromatic carbocycles. The van der Waals surface area contributed by atoms with E-state index in [2.05, 4.69) is 10.3 Å². The van der Waals surface area contributed by atoms with Gasteiger partial charge in [0.2, 0.25) is 0 Å². The summed E-state index contributed by atoms with van der Waals surface area (Å²) in [4.78, 5) is 14.5. The third-order valence-corrected chi connectivity index (χ3v) is 2.74. The molecule has 1 fully saturated rings. The predicted octanol–water partition coefficient (Wildman–Crippen LogP) is 1.36. The van der Waals surface area contributed by atoms with E-state index in [0.29, 0.717) is 11.6 Å². The fourth-order valence-corrected chi connectivity index (χ4v) is 1.94. The van der Waals surface area contributed by atoms with Crippen molar-refractivity contribution in [3.63, 3.8) is 0 Å². The molecule has 1 aliphatic rings. The molecule has 1 saturated heterocycles. The van der Waals surface area contributed by atoms with Gasteiger partial charge in [-0.15, -0.1) is 0 Å². The number of aldehydes is 1. The first-order valence-electron chi connectivity index (χ1n) is 5.02. The highest BCUT2D eigenvalue weighted by Gasteiger charge is 2.15. The zero-order chi connectivity index (χ0) is 9.80. The van der Waals surface area contributed by atoms with E-state index in [1.807, 2.05) is 12.1 Å². The number of carbonyl (C=O) groups is 1. The summed E-state index contributed by atoms with van der Waals surface area (Å²) >= 11 is 0. The smallest absolute Gasteiger partial charge is 0.168 e. The van der Waals surface area contributed by atoms with Gasteiger partial charge in [0.1, 0.15) is 5.69 Å². The number of aromatic nitrogens is 1. The van der Waals surface area contributed by atoms with Crippen molar-refractivity contribution in [2.75, 3.05) is 13.1 Å². The fraction of sp³-hybridized carbons (Fsp3) is 0.455. The molecule has 0 atom stereocenters. The summed E-state index contributed by atoms with van der Waals surface area (Å²) in [6, 6.07) is 3.92. The molecule has 1 aliphatic heterocycles. The van der Waals surface area contributed by atoms with E-state index in [1.54, 1.807) is 6.20 Å². The molecule has 3 nitrogen and oxygen atoms in total. The Hall–Kier alpha value is -1.22. The summed E-state index contributed by atoms with van der Waals surface area (Å²) in [5.74, 6) is 0.595. The Balaban J connectivity index is 2.17. The Morgan fingerprint density at radius 1 is 1.43 bits per heavy atom. The molecule has 74 valence electrons. The largest absolute Gasteiger partial charge is 0.317 e. The molecule has 0 bridgehead atoms. The number of carbonyl (C=O) groups excluding carboxylic acids is 1. The Morgan fingerprint density at radius 2 is 2.21 bits per heavy atom. The Morgan fingerprint density at radius 3 is 2.93 bits per heavy atom. The second kappa shape index (κ2) is 4.33. The van der Waals surface area contributed by atoms with Crippen molar-refractivity contribution in [2.24, 2.45) is 0 Å². The van der Waals surface area contributed by atoms with E-state index in [9.17, 15) is 4.79 Å². The molecular weight excluding hydrogens is 176 g/mol. The third kappa shape index (κ3) is 1.99. The van der Waals surface area contributed by atoms with Gasteiger partial charge in [-0.25, -0.2) is 0 Å². The molecular formula is C11H14N2O. The van der Waals surface area contributed by atoms with Gasteiger partial charge in [0.15, 0.2) is 6.29 Å². The zero-order valence-electron chi connectivity index (χ0n) is 8.07. The number of nitrogens with zero attached hydrogens (tertiary/aromatic N) is 1. The van der Waals surface area contributed by atoms with Crippen LogP contribution in [-0.4, -0.2) is 24.4 Å². The van der Waals surface area contributed by atoms with Crippen LogP contribution in [0.2, 0.25) is 0 Å². The van der Waals surface area contributed by atoms with Gasteiger partial charge in [0, 0.05) is 6.20 Å².